The number of hydrogen-bond acceptors (Lipinski definition) is 5. The SMILES string of the molecule is NC(=O)c1cc(C(Cl)C(=O)Nc2ccc([N+](=O)[O-])cc2Cl)ccc1O. The Labute approximate surface area is 151 Å². The first-order chi connectivity index (χ1) is 11.7. The summed E-state index contributed by atoms with van der Waals surface area (Å²) in [5.41, 5.74) is 5.09. The molecule has 10 heteroatoms. The first kappa shape index (κ1) is 18.5. The van der Waals surface area contributed by atoms with Crippen molar-refractivity contribution in [3.05, 3.63) is 62.7 Å². The largest absolute Gasteiger partial charge is 0.507 e. The number of nitrogens with two attached hydrogens (primary N) is 1. The lowest BCUT2D eigenvalue weighted by Gasteiger charge is -2.13. The van der Waals surface area contributed by atoms with E-state index in [9.17, 15) is 24.8 Å². The quantitative estimate of drug-likeness (QED) is 0.414. The fourth-order valence-electron chi connectivity index (χ4n) is 1.98. The maximum atomic E-state index is 12.2. The molecule has 0 bridgehead atoms. The molecule has 1 atom stereocenters. The van der Waals surface area contributed by atoms with Crippen LogP contribution in [0.15, 0.2) is 36.4 Å². The average Bonchev–Trinajstić information content (AvgIpc) is 2.55. The normalized spacial score (nSPS) is 11.6. The zero-order chi connectivity index (χ0) is 18.7. The highest BCUT2D eigenvalue weighted by molar-refractivity contribution is 6.36. The molecule has 0 aliphatic rings. The van der Waals surface area contributed by atoms with E-state index < -0.39 is 22.1 Å². The third-order valence-corrected chi connectivity index (χ3v) is 3.99. The highest BCUT2D eigenvalue weighted by atomic mass is 35.5. The molecule has 0 aromatic heterocycles. The molecule has 2 aromatic carbocycles. The summed E-state index contributed by atoms with van der Waals surface area (Å²) in [5.74, 6) is -1.89. The van der Waals surface area contributed by atoms with E-state index in [1.165, 1.54) is 30.3 Å². The van der Waals surface area contributed by atoms with Gasteiger partial charge in [-0.1, -0.05) is 17.7 Å². The topological polar surface area (TPSA) is 136 Å². The first-order valence-corrected chi connectivity index (χ1v) is 7.53. The Balaban J connectivity index is 2.22. The molecule has 0 aliphatic heterocycles. The second kappa shape index (κ2) is 7.37. The third-order valence-electron chi connectivity index (χ3n) is 3.23. The number of alkyl halides is 1. The van der Waals surface area contributed by atoms with Gasteiger partial charge in [-0.3, -0.25) is 19.7 Å². The molecule has 2 aromatic rings. The van der Waals surface area contributed by atoms with E-state index in [1.807, 2.05) is 0 Å². The molecule has 2 rings (SSSR count). The van der Waals surface area contributed by atoms with Crippen molar-refractivity contribution in [1.82, 2.24) is 0 Å². The zero-order valence-electron chi connectivity index (χ0n) is 12.4. The van der Waals surface area contributed by atoms with E-state index in [2.05, 4.69) is 5.32 Å². The van der Waals surface area contributed by atoms with E-state index >= 15 is 0 Å². The zero-order valence-corrected chi connectivity index (χ0v) is 13.9. The number of aromatic hydroxyl groups is 1. The van der Waals surface area contributed by atoms with E-state index in [-0.39, 0.29) is 33.3 Å². The summed E-state index contributed by atoms with van der Waals surface area (Å²) < 4.78 is 0. The molecule has 0 fully saturated rings. The molecule has 25 heavy (non-hydrogen) atoms. The Kier molecular flexibility index (Phi) is 5.45. The summed E-state index contributed by atoms with van der Waals surface area (Å²) in [7, 11) is 0. The maximum Gasteiger partial charge on any atom is 0.271 e. The van der Waals surface area contributed by atoms with Gasteiger partial charge in [0.2, 0.25) is 5.91 Å². The number of nitro groups is 1. The summed E-state index contributed by atoms with van der Waals surface area (Å²) >= 11 is 12.0. The van der Waals surface area contributed by atoms with Gasteiger partial charge in [-0.25, -0.2) is 0 Å². The Morgan fingerprint density at radius 2 is 1.92 bits per heavy atom. The Morgan fingerprint density at radius 3 is 2.48 bits per heavy atom. The predicted molar refractivity (Wildman–Crippen MR) is 92.0 cm³/mol. The number of rotatable bonds is 5. The van der Waals surface area contributed by atoms with Crippen molar-refractivity contribution in [2.75, 3.05) is 5.32 Å². The molecule has 4 N–H and O–H groups in total. The summed E-state index contributed by atoms with van der Waals surface area (Å²) in [6.45, 7) is 0. The molecule has 0 heterocycles. The van der Waals surface area contributed by atoms with Crippen LogP contribution in [-0.4, -0.2) is 21.8 Å². The second-order valence-electron chi connectivity index (χ2n) is 4.91. The van der Waals surface area contributed by atoms with Gasteiger partial charge in [-0.2, -0.15) is 0 Å². The summed E-state index contributed by atoms with van der Waals surface area (Å²) in [4.78, 5) is 33.5. The lowest BCUT2D eigenvalue weighted by Crippen LogP contribution is -2.18. The van der Waals surface area contributed by atoms with E-state index in [1.54, 1.807) is 0 Å². The van der Waals surface area contributed by atoms with Gasteiger partial charge in [0.1, 0.15) is 11.1 Å². The number of non-ortho nitro benzene ring substituents is 1. The van der Waals surface area contributed by atoms with Crippen LogP contribution >= 0.6 is 23.2 Å². The highest BCUT2D eigenvalue weighted by Crippen LogP contribution is 2.30. The Morgan fingerprint density at radius 1 is 1.24 bits per heavy atom. The summed E-state index contributed by atoms with van der Waals surface area (Å²) in [6, 6.07) is 7.29. The van der Waals surface area contributed by atoms with Gasteiger partial charge in [-0.15, -0.1) is 11.6 Å². The van der Waals surface area contributed by atoms with Gasteiger partial charge in [0.15, 0.2) is 0 Å². The van der Waals surface area contributed by atoms with Gasteiger partial charge in [0.05, 0.1) is 21.2 Å². The number of amides is 2. The number of phenols is 1. The summed E-state index contributed by atoms with van der Waals surface area (Å²) in [5, 5.41) is 21.4. The maximum absolute atomic E-state index is 12.2. The monoisotopic (exact) mass is 383 g/mol. The Bertz CT molecular complexity index is 872. The fourth-order valence-corrected chi connectivity index (χ4v) is 2.39. The van der Waals surface area contributed by atoms with Crippen molar-refractivity contribution in [3.8, 4) is 5.75 Å². The van der Waals surface area contributed by atoms with Crippen molar-refractivity contribution in [2.45, 2.75) is 5.38 Å². The van der Waals surface area contributed by atoms with Crippen molar-refractivity contribution in [3.63, 3.8) is 0 Å². The Hall–Kier alpha value is -2.84. The van der Waals surface area contributed by atoms with Crippen LogP contribution in [0.5, 0.6) is 5.75 Å². The number of anilines is 1. The molecule has 0 spiro atoms. The van der Waals surface area contributed by atoms with Crippen LogP contribution in [-0.2, 0) is 4.79 Å². The molecule has 2 amide bonds. The van der Waals surface area contributed by atoms with Crippen molar-refractivity contribution in [1.29, 1.82) is 0 Å². The molecule has 8 nitrogen and oxygen atoms in total. The number of halogens is 2. The lowest BCUT2D eigenvalue weighted by molar-refractivity contribution is -0.384. The molecule has 0 saturated carbocycles. The molecule has 0 radical (unpaired) electrons. The number of nitro benzene ring substituents is 1. The standard InChI is InChI=1S/C15H11Cl2N3O5/c16-10-6-8(20(24)25)2-3-11(10)19-15(23)13(17)7-1-4-12(21)9(5-7)14(18)22/h1-6,13,21H,(H2,18,22)(H,19,23). The fraction of sp³-hybridized carbons (Fsp3) is 0.0667. The lowest BCUT2D eigenvalue weighted by atomic mass is 10.1. The predicted octanol–water partition coefficient (Wildman–Crippen LogP) is 2.97. The van der Waals surface area contributed by atoms with E-state index in [0.717, 1.165) is 6.07 Å². The minimum absolute atomic E-state index is 0.0325. The average molecular weight is 384 g/mol. The number of primary amides is 1. The second-order valence-corrected chi connectivity index (χ2v) is 5.76. The molecular weight excluding hydrogens is 373 g/mol. The number of nitrogens with one attached hydrogen (secondary N) is 1. The van der Waals surface area contributed by atoms with Crippen LogP contribution in [0.2, 0.25) is 5.02 Å². The minimum atomic E-state index is -1.22. The molecule has 130 valence electrons. The van der Waals surface area contributed by atoms with E-state index in [4.69, 9.17) is 28.9 Å². The van der Waals surface area contributed by atoms with Gasteiger partial charge in [-0.05, 0) is 23.8 Å². The van der Waals surface area contributed by atoms with Crippen molar-refractivity contribution in [2.24, 2.45) is 5.73 Å². The first-order valence-electron chi connectivity index (χ1n) is 6.72. The minimum Gasteiger partial charge on any atom is -0.507 e. The number of carbonyl (C=O) groups is 2. The van der Waals surface area contributed by atoms with Gasteiger partial charge < -0.3 is 16.2 Å². The van der Waals surface area contributed by atoms with Crippen LogP contribution in [0.1, 0.15) is 21.3 Å². The number of nitrogens with zero attached hydrogens (tertiary/aromatic N) is 1. The molecule has 1 unspecified atom stereocenters. The smallest absolute Gasteiger partial charge is 0.271 e. The van der Waals surface area contributed by atoms with Gasteiger partial charge in [0, 0.05) is 12.1 Å². The van der Waals surface area contributed by atoms with Crippen molar-refractivity contribution < 1.29 is 19.6 Å². The van der Waals surface area contributed by atoms with Crippen LogP contribution in [0, 0.1) is 10.1 Å². The number of benzene rings is 2. The van der Waals surface area contributed by atoms with Gasteiger partial charge in [0.25, 0.3) is 11.6 Å². The molecule has 0 aliphatic carbocycles. The van der Waals surface area contributed by atoms with Crippen LogP contribution in [0.4, 0.5) is 11.4 Å². The van der Waals surface area contributed by atoms with Crippen molar-refractivity contribution >= 4 is 46.4 Å². The van der Waals surface area contributed by atoms with Crippen LogP contribution < -0.4 is 11.1 Å². The summed E-state index contributed by atoms with van der Waals surface area (Å²) in [6.07, 6.45) is 0. The molecular formula is C15H11Cl2N3O5. The van der Waals surface area contributed by atoms with Crippen LogP contribution in [0.25, 0.3) is 0 Å². The van der Waals surface area contributed by atoms with E-state index in [0.29, 0.717) is 0 Å². The highest BCUT2D eigenvalue weighted by Gasteiger charge is 2.21. The number of hydrogen-bond donors (Lipinski definition) is 3. The van der Waals surface area contributed by atoms with Gasteiger partial charge >= 0.3 is 0 Å². The third kappa shape index (κ3) is 4.17. The molecule has 0 saturated heterocycles. The number of carbonyl (C=O) groups excluding carboxylic acids is 2. The van der Waals surface area contributed by atoms with Crippen LogP contribution in [0.3, 0.4) is 0 Å².